The molecule has 0 amide bonds. The Morgan fingerprint density at radius 2 is 1.11 bits per heavy atom. The molecular formula is C24H38O2Si2. The monoisotopic (exact) mass is 414 g/mol. The lowest BCUT2D eigenvalue weighted by Gasteiger charge is -2.33. The molecule has 1 rings (SSSR count). The summed E-state index contributed by atoms with van der Waals surface area (Å²) in [5, 5.41) is 11.8. The van der Waals surface area contributed by atoms with E-state index in [0.717, 1.165) is 5.75 Å². The number of hydrogen-bond donors (Lipinski definition) is 1. The van der Waals surface area contributed by atoms with Crippen LogP contribution in [0.25, 0.3) is 0 Å². The van der Waals surface area contributed by atoms with Gasteiger partial charge in [-0.2, -0.15) is 0 Å². The average molecular weight is 415 g/mol. The van der Waals surface area contributed by atoms with E-state index >= 15 is 0 Å². The SMILES string of the molecule is COc1ccc(C(O)(C#C[Si](C)(C)C(C)(C)C)C#C[Si](C)(C)C(C)(C)C)cc1. The quantitative estimate of drug-likeness (QED) is 0.476. The Morgan fingerprint density at radius 1 is 0.750 bits per heavy atom. The summed E-state index contributed by atoms with van der Waals surface area (Å²) in [4.78, 5) is 0. The van der Waals surface area contributed by atoms with Gasteiger partial charge >= 0.3 is 0 Å². The molecule has 0 radical (unpaired) electrons. The van der Waals surface area contributed by atoms with Crippen LogP contribution in [-0.2, 0) is 5.60 Å². The highest BCUT2D eigenvalue weighted by Gasteiger charge is 2.37. The fourth-order valence-electron chi connectivity index (χ4n) is 1.88. The summed E-state index contributed by atoms with van der Waals surface area (Å²) < 4.78 is 5.26. The first-order valence-corrected chi connectivity index (χ1v) is 15.9. The molecule has 0 saturated carbocycles. The minimum Gasteiger partial charge on any atom is -0.497 e. The molecule has 154 valence electrons. The van der Waals surface area contributed by atoms with Crippen LogP contribution in [0, 0.1) is 22.9 Å². The molecule has 28 heavy (non-hydrogen) atoms. The molecule has 0 aliphatic carbocycles. The van der Waals surface area contributed by atoms with E-state index in [0.29, 0.717) is 5.56 Å². The van der Waals surface area contributed by atoms with Gasteiger partial charge in [-0.3, -0.25) is 0 Å². The molecule has 0 aliphatic heterocycles. The highest BCUT2D eigenvalue weighted by atomic mass is 28.3. The molecule has 0 atom stereocenters. The van der Waals surface area contributed by atoms with Crippen molar-refractivity contribution in [2.75, 3.05) is 7.11 Å². The smallest absolute Gasteiger partial charge is 0.212 e. The normalized spacial score (nSPS) is 13.1. The van der Waals surface area contributed by atoms with Gasteiger partial charge in [0.25, 0.3) is 0 Å². The second kappa shape index (κ2) is 8.11. The van der Waals surface area contributed by atoms with Crippen molar-refractivity contribution in [3.05, 3.63) is 29.8 Å². The van der Waals surface area contributed by atoms with Crippen LogP contribution < -0.4 is 4.74 Å². The van der Waals surface area contributed by atoms with Crippen molar-refractivity contribution in [2.24, 2.45) is 0 Å². The van der Waals surface area contributed by atoms with E-state index in [1.54, 1.807) is 7.11 Å². The van der Waals surface area contributed by atoms with Gasteiger partial charge < -0.3 is 9.84 Å². The molecule has 1 aromatic rings. The van der Waals surface area contributed by atoms with Crippen molar-refractivity contribution in [1.82, 2.24) is 0 Å². The van der Waals surface area contributed by atoms with Gasteiger partial charge in [0.2, 0.25) is 5.60 Å². The summed E-state index contributed by atoms with van der Waals surface area (Å²) in [5.74, 6) is 7.14. The van der Waals surface area contributed by atoms with Gasteiger partial charge in [-0.15, -0.1) is 11.1 Å². The summed E-state index contributed by atoms with van der Waals surface area (Å²) in [6, 6.07) is 7.42. The molecule has 0 spiro atoms. The third-order valence-corrected chi connectivity index (χ3v) is 15.4. The topological polar surface area (TPSA) is 29.5 Å². The first-order valence-electron chi connectivity index (χ1n) is 9.91. The largest absolute Gasteiger partial charge is 0.497 e. The van der Waals surface area contributed by atoms with Crippen LogP contribution in [0.2, 0.25) is 36.3 Å². The third kappa shape index (κ3) is 5.77. The van der Waals surface area contributed by atoms with E-state index < -0.39 is 21.7 Å². The van der Waals surface area contributed by atoms with Gasteiger partial charge in [-0.1, -0.05) is 91.7 Å². The van der Waals surface area contributed by atoms with E-state index in [-0.39, 0.29) is 10.1 Å². The predicted molar refractivity (Wildman–Crippen MR) is 127 cm³/mol. The molecule has 1 N–H and O–H groups in total. The zero-order valence-corrected chi connectivity index (χ0v) is 21.7. The number of rotatable bonds is 2. The van der Waals surface area contributed by atoms with Crippen LogP contribution in [0.3, 0.4) is 0 Å². The van der Waals surface area contributed by atoms with Gasteiger partial charge in [0.05, 0.1) is 7.11 Å². The summed E-state index contributed by atoms with van der Waals surface area (Å²) in [6.45, 7) is 22.3. The summed E-state index contributed by atoms with van der Waals surface area (Å²) in [5.41, 5.74) is 6.15. The maximum absolute atomic E-state index is 11.6. The van der Waals surface area contributed by atoms with Crippen molar-refractivity contribution in [3.8, 4) is 28.7 Å². The molecule has 0 heterocycles. The van der Waals surface area contributed by atoms with Crippen molar-refractivity contribution in [3.63, 3.8) is 0 Å². The maximum atomic E-state index is 11.6. The van der Waals surface area contributed by atoms with Gasteiger partial charge in [0.1, 0.15) is 21.9 Å². The average Bonchev–Trinajstić information content (AvgIpc) is 2.56. The Morgan fingerprint density at radius 3 is 1.39 bits per heavy atom. The van der Waals surface area contributed by atoms with E-state index in [1.165, 1.54) is 0 Å². The molecular weight excluding hydrogens is 376 g/mol. The fourth-order valence-corrected chi connectivity index (χ4v) is 3.61. The Hall–Kier alpha value is -1.47. The summed E-state index contributed by atoms with van der Waals surface area (Å²) in [7, 11) is -2.12. The molecule has 4 heteroatoms. The van der Waals surface area contributed by atoms with Gasteiger partial charge in [0, 0.05) is 5.56 Å². The molecule has 0 saturated heterocycles. The zero-order chi connectivity index (χ0) is 22.0. The Balaban J connectivity index is 3.57. The minimum absolute atomic E-state index is 0.119. The number of hydrogen-bond acceptors (Lipinski definition) is 2. The van der Waals surface area contributed by atoms with Crippen LogP contribution >= 0.6 is 0 Å². The molecule has 0 aliphatic rings. The zero-order valence-electron chi connectivity index (χ0n) is 19.7. The first kappa shape index (κ1) is 24.6. The van der Waals surface area contributed by atoms with Crippen molar-refractivity contribution in [1.29, 1.82) is 0 Å². The van der Waals surface area contributed by atoms with Crippen LogP contribution in [-0.4, -0.2) is 28.4 Å². The second-order valence-corrected chi connectivity index (χ2v) is 20.7. The standard InChI is InChI=1S/C24H38O2Si2/c1-22(2,3)27(8,9)18-16-24(25,17-19-28(10,11)23(4,5)6)20-12-14-21(26-7)15-13-20/h12-15,25H,1-11H3. The van der Waals surface area contributed by atoms with Crippen molar-refractivity contribution >= 4 is 16.1 Å². The van der Waals surface area contributed by atoms with Crippen LogP contribution in [0.1, 0.15) is 47.1 Å². The number of benzene rings is 1. The Kier molecular flexibility index (Phi) is 7.12. The number of methoxy groups -OCH3 is 1. The third-order valence-electron chi connectivity index (χ3n) is 6.37. The summed E-state index contributed by atoms with van der Waals surface area (Å²) >= 11 is 0. The molecule has 0 unspecified atom stereocenters. The lowest BCUT2D eigenvalue weighted by atomic mass is 9.96. The lowest BCUT2D eigenvalue weighted by Crippen LogP contribution is -2.37. The van der Waals surface area contributed by atoms with E-state index in [9.17, 15) is 5.11 Å². The second-order valence-electron chi connectivity index (χ2n) is 10.7. The molecule has 2 nitrogen and oxygen atoms in total. The maximum Gasteiger partial charge on any atom is 0.212 e. The van der Waals surface area contributed by atoms with Crippen LogP contribution in [0.5, 0.6) is 5.75 Å². The molecule has 0 bridgehead atoms. The van der Waals surface area contributed by atoms with E-state index in [4.69, 9.17) is 4.74 Å². The lowest BCUT2D eigenvalue weighted by molar-refractivity contribution is 0.165. The highest BCUT2D eigenvalue weighted by Crippen LogP contribution is 2.37. The molecule has 1 aromatic carbocycles. The number of aliphatic hydroxyl groups is 1. The van der Waals surface area contributed by atoms with E-state index in [1.807, 2.05) is 24.3 Å². The highest BCUT2D eigenvalue weighted by molar-refractivity contribution is 6.88. The summed E-state index contributed by atoms with van der Waals surface area (Å²) in [6.07, 6.45) is 0. The van der Waals surface area contributed by atoms with Gasteiger partial charge in [0.15, 0.2) is 0 Å². The predicted octanol–water partition coefficient (Wildman–Crippen LogP) is 5.99. The van der Waals surface area contributed by atoms with Crippen LogP contribution in [0.4, 0.5) is 0 Å². The van der Waals surface area contributed by atoms with Crippen molar-refractivity contribution < 1.29 is 9.84 Å². The van der Waals surface area contributed by atoms with E-state index in [2.05, 4.69) is 90.7 Å². The fraction of sp³-hybridized carbons (Fsp3) is 0.583. The number of ether oxygens (including phenoxy) is 1. The minimum atomic E-state index is -1.88. The first-order chi connectivity index (χ1) is 12.5. The Bertz CT molecular complexity index is 755. The van der Waals surface area contributed by atoms with Gasteiger partial charge in [-0.25, -0.2) is 0 Å². The van der Waals surface area contributed by atoms with Crippen molar-refractivity contribution in [2.45, 2.75) is 83.4 Å². The van der Waals surface area contributed by atoms with Gasteiger partial charge in [-0.05, 0) is 22.2 Å². The Labute approximate surface area is 175 Å². The molecule has 0 aromatic heterocycles. The molecule has 0 fully saturated rings. The van der Waals surface area contributed by atoms with Crippen LogP contribution in [0.15, 0.2) is 24.3 Å².